The van der Waals surface area contributed by atoms with Crippen LogP contribution in [0.25, 0.3) is 0 Å². The number of methoxy groups -OCH3 is 1. The number of rotatable bonds is 6. The summed E-state index contributed by atoms with van der Waals surface area (Å²) in [5.41, 5.74) is 1.64. The van der Waals surface area contributed by atoms with Gasteiger partial charge in [-0.15, -0.1) is 0 Å². The van der Waals surface area contributed by atoms with Crippen LogP contribution >= 0.6 is 0 Å². The molecule has 1 aliphatic rings. The molecule has 2 aromatic carbocycles. The van der Waals surface area contributed by atoms with E-state index in [1.54, 1.807) is 24.1 Å². The molecule has 0 saturated carbocycles. The first-order valence-corrected chi connectivity index (χ1v) is 8.79. The van der Waals surface area contributed by atoms with Crippen LogP contribution in [-0.2, 0) is 11.2 Å². The summed E-state index contributed by atoms with van der Waals surface area (Å²) < 4.78 is 18.3. The molecule has 142 valence electrons. The molecule has 6 nitrogen and oxygen atoms in total. The van der Waals surface area contributed by atoms with Crippen molar-refractivity contribution in [2.75, 3.05) is 25.1 Å². The second-order valence-electron chi connectivity index (χ2n) is 6.34. The number of benzene rings is 2. The summed E-state index contributed by atoms with van der Waals surface area (Å²) in [6.07, 6.45) is 0.861. The fraction of sp³-hybridized carbons (Fsp3) is 0.300. The minimum Gasteiger partial charge on any atom is -0.496 e. The van der Waals surface area contributed by atoms with Crippen LogP contribution in [-0.4, -0.2) is 38.2 Å². The van der Waals surface area contributed by atoms with E-state index in [0.29, 0.717) is 25.2 Å². The summed E-state index contributed by atoms with van der Waals surface area (Å²) in [5, 5.41) is 5.62. The first-order chi connectivity index (χ1) is 13.1. The summed E-state index contributed by atoms with van der Waals surface area (Å²) in [6.45, 7) is 0.818. The number of amides is 3. The Morgan fingerprint density at radius 1 is 1.22 bits per heavy atom. The van der Waals surface area contributed by atoms with E-state index in [1.165, 1.54) is 12.1 Å². The normalized spacial score (nSPS) is 16.3. The monoisotopic (exact) mass is 371 g/mol. The Balaban J connectivity index is 1.47. The molecule has 1 atom stereocenters. The molecule has 27 heavy (non-hydrogen) atoms. The number of nitrogens with one attached hydrogen (secondary N) is 2. The van der Waals surface area contributed by atoms with Crippen molar-refractivity contribution >= 4 is 17.6 Å². The number of anilines is 1. The van der Waals surface area contributed by atoms with E-state index in [4.69, 9.17) is 4.74 Å². The maximum absolute atomic E-state index is 13.0. The van der Waals surface area contributed by atoms with Gasteiger partial charge in [0.25, 0.3) is 0 Å². The molecule has 1 aliphatic heterocycles. The fourth-order valence-corrected chi connectivity index (χ4v) is 3.13. The van der Waals surface area contributed by atoms with Crippen molar-refractivity contribution in [1.29, 1.82) is 0 Å². The molecule has 0 radical (unpaired) electrons. The number of ether oxygens (including phenoxy) is 1. The Hall–Kier alpha value is -3.09. The zero-order chi connectivity index (χ0) is 19.2. The Labute approximate surface area is 157 Å². The molecule has 2 N–H and O–H groups in total. The van der Waals surface area contributed by atoms with E-state index in [9.17, 15) is 14.0 Å². The maximum atomic E-state index is 13.0. The first kappa shape index (κ1) is 18.7. The standard InChI is InChI=1S/C20H22FN3O3/c1-27-18-5-3-2-4-14(18)10-11-22-20(26)23-16-12-19(25)24(13-16)17-8-6-15(21)7-9-17/h2-9,16H,10-13H2,1H3,(H2,22,23,26). The zero-order valence-electron chi connectivity index (χ0n) is 15.1. The van der Waals surface area contributed by atoms with Crippen LogP contribution < -0.4 is 20.3 Å². The highest BCUT2D eigenvalue weighted by atomic mass is 19.1. The van der Waals surface area contributed by atoms with Crippen molar-refractivity contribution in [2.24, 2.45) is 0 Å². The Bertz CT molecular complexity index is 810. The molecule has 1 saturated heterocycles. The third kappa shape index (κ3) is 4.75. The van der Waals surface area contributed by atoms with Crippen molar-refractivity contribution in [3.05, 3.63) is 59.9 Å². The highest BCUT2D eigenvalue weighted by Gasteiger charge is 2.31. The minimum absolute atomic E-state index is 0.0964. The second kappa shape index (κ2) is 8.53. The van der Waals surface area contributed by atoms with E-state index in [-0.39, 0.29) is 30.2 Å². The summed E-state index contributed by atoms with van der Waals surface area (Å²) in [4.78, 5) is 25.8. The van der Waals surface area contributed by atoms with E-state index in [1.807, 2.05) is 24.3 Å². The van der Waals surface area contributed by atoms with Crippen LogP contribution in [0.5, 0.6) is 5.75 Å². The lowest BCUT2D eigenvalue weighted by molar-refractivity contribution is -0.117. The van der Waals surface area contributed by atoms with Gasteiger partial charge in [0.15, 0.2) is 0 Å². The molecule has 3 amide bonds. The second-order valence-corrected chi connectivity index (χ2v) is 6.34. The van der Waals surface area contributed by atoms with Crippen molar-refractivity contribution in [3.63, 3.8) is 0 Å². The number of halogens is 1. The minimum atomic E-state index is -0.352. The molecule has 1 fully saturated rings. The van der Waals surface area contributed by atoms with Gasteiger partial charge in [-0.05, 0) is 42.3 Å². The molecular weight excluding hydrogens is 349 g/mol. The molecule has 7 heteroatoms. The topological polar surface area (TPSA) is 70.7 Å². The molecule has 1 heterocycles. The average molecular weight is 371 g/mol. The van der Waals surface area contributed by atoms with E-state index in [0.717, 1.165) is 11.3 Å². The Morgan fingerprint density at radius 2 is 1.96 bits per heavy atom. The first-order valence-electron chi connectivity index (χ1n) is 8.79. The average Bonchev–Trinajstić information content (AvgIpc) is 3.02. The lowest BCUT2D eigenvalue weighted by Gasteiger charge is -2.17. The van der Waals surface area contributed by atoms with Gasteiger partial charge in [0.1, 0.15) is 11.6 Å². The van der Waals surface area contributed by atoms with E-state index < -0.39 is 0 Å². The van der Waals surface area contributed by atoms with Crippen LogP contribution in [0.15, 0.2) is 48.5 Å². The third-order valence-corrected chi connectivity index (χ3v) is 4.47. The summed E-state index contributed by atoms with van der Waals surface area (Å²) >= 11 is 0. The number of hydrogen-bond donors (Lipinski definition) is 2. The predicted molar refractivity (Wildman–Crippen MR) is 100 cm³/mol. The lowest BCUT2D eigenvalue weighted by Crippen LogP contribution is -2.43. The van der Waals surface area contributed by atoms with Crippen LogP contribution in [0.4, 0.5) is 14.9 Å². The zero-order valence-corrected chi connectivity index (χ0v) is 15.1. The molecule has 0 spiro atoms. The molecule has 2 aromatic rings. The maximum Gasteiger partial charge on any atom is 0.315 e. The number of para-hydroxylation sites is 1. The van der Waals surface area contributed by atoms with Gasteiger partial charge in [0, 0.05) is 25.2 Å². The van der Waals surface area contributed by atoms with Crippen molar-refractivity contribution < 1.29 is 18.7 Å². The molecular formula is C20H22FN3O3. The van der Waals surface area contributed by atoms with Crippen LogP contribution in [0, 0.1) is 5.82 Å². The molecule has 0 aromatic heterocycles. The van der Waals surface area contributed by atoms with Gasteiger partial charge in [-0.25, -0.2) is 9.18 Å². The Kier molecular flexibility index (Phi) is 5.90. The molecule has 3 rings (SSSR count). The van der Waals surface area contributed by atoms with Gasteiger partial charge >= 0.3 is 6.03 Å². The SMILES string of the molecule is COc1ccccc1CCNC(=O)NC1CC(=O)N(c2ccc(F)cc2)C1. The number of carbonyl (C=O) groups excluding carboxylic acids is 2. The van der Waals surface area contributed by atoms with Crippen LogP contribution in [0.1, 0.15) is 12.0 Å². The quantitative estimate of drug-likeness (QED) is 0.820. The molecule has 1 unspecified atom stereocenters. The van der Waals surface area contributed by atoms with Gasteiger partial charge in [-0.1, -0.05) is 18.2 Å². The third-order valence-electron chi connectivity index (χ3n) is 4.47. The van der Waals surface area contributed by atoms with Gasteiger partial charge in [-0.2, -0.15) is 0 Å². The van der Waals surface area contributed by atoms with E-state index >= 15 is 0 Å². The van der Waals surface area contributed by atoms with Crippen molar-refractivity contribution in [2.45, 2.75) is 18.9 Å². The summed E-state index contributed by atoms with van der Waals surface area (Å²) in [7, 11) is 1.61. The van der Waals surface area contributed by atoms with Crippen molar-refractivity contribution in [3.8, 4) is 5.75 Å². The molecule has 0 aliphatic carbocycles. The largest absolute Gasteiger partial charge is 0.496 e. The highest BCUT2D eigenvalue weighted by Crippen LogP contribution is 2.22. The Morgan fingerprint density at radius 3 is 2.70 bits per heavy atom. The smallest absolute Gasteiger partial charge is 0.315 e. The van der Waals surface area contributed by atoms with Gasteiger partial charge in [-0.3, -0.25) is 4.79 Å². The van der Waals surface area contributed by atoms with Crippen molar-refractivity contribution in [1.82, 2.24) is 10.6 Å². The highest BCUT2D eigenvalue weighted by molar-refractivity contribution is 5.96. The number of carbonyl (C=O) groups is 2. The number of urea groups is 1. The van der Waals surface area contributed by atoms with Crippen LogP contribution in [0.3, 0.4) is 0 Å². The van der Waals surface area contributed by atoms with Gasteiger partial charge in [0.2, 0.25) is 5.91 Å². The fourth-order valence-electron chi connectivity index (χ4n) is 3.13. The summed E-state index contributed by atoms with van der Waals surface area (Å²) in [6, 6.07) is 12.8. The van der Waals surface area contributed by atoms with Gasteiger partial charge < -0.3 is 20.3 Å². The number of nitrogens with zero attached hydrogens (tertiary/aromatic N) is 1. The van der Waals surface area contributed by atoms with Gasteiger partial charge in [0.05, 0.1) is 13.2 Å². The predicted octanol–water partition coefficient (Wildman–Crippen LogP) is 2.48. The van der Waals surface area contributed by atoms with E-state index in [2.05, 4.69) is 10.6 Å². The summed E-state index contributed by atoms with van der Waals surface area (Å²) in [5.74, 6) is 0.339. The number of hydrogen-bond acceptors (Lipinski definition) is 3. The van der Waals surface area contributed by atoms with Crippen LogP contribution in [0.2, 0.25) is 0 Å². The molecule has 0 bridgehead atoms. The lowest BCUT2D eigenvalue weighted by atomic mass is 10.1.